The maximum Gasteiger partial charge on any atom is 0.251 e. The summed E-state index contributed by atoms with van der Waals surface area (Å²) in [5.41, 5.74) is 0.485. The van der Waals surface area contributed by atoms with Crippen LogP contribution in [0.2, 0.25) is 0 Å². The van der Waals surface area contributed by atoms with E-state index in [-0.39, 0.29) is 23.9 Å². The molecule has 0 radical (unpaired) electrons. The highest BCUT2D eigenvalue weighted by molar-refractivity contribution is 7.89. The van der Waals surface area contributed by atoms with Gasteiger partial charge in [-0.05, 0) is 60.9 Å². The van der Waals surface area contributed by atoms with Crippen LogP contribution in [0.3, 0.4) is 0 Å². The van der Waals surface area contributed by atoms with Crippen LogP contribution in [0.1, 0.15) is 30.6 Å². The van der Waals surface area contributed by atoms with Gasteiger partial charge < -0.3 is 14.8 Å². The number of hydrogen-bond donors (Lipinski definition) is 2. The van der Waals surface area contributed by atoms with E-state index >= 15 is 0 Å². The summed E-state index contributed by atoms with van der Waals surface area (Å²) in [5, 5.41) is 2.69. The topological polar surface area (TPSA) is 93.7 Å². The third-order valence-electron chi connectivity index (χ3n) is 4.15. The molecule has 0 aliphatic carbocycles. The summed E-state index contributed by atoms with van der Waals surface area (Å²) in [4.78, 5) is 12.3. The van der Waals surface area contributed by atoms with Crippen molar-refractivity contribution in [3.05, 3.63) is 54.1 Å². The van der Waals surface area contributed by atoms with E-state index in [0.29, 0.717) is 23.8 Å². The first-order valence-corrected chi connectivity index (χ1v) is 10.9. The van der Waals surface area contributed by atoms with Crippen molar-refractivity contribution < 1.29 is 22.7 Å². The van der Waals surface area contributed by atoms with Gasteiger partial charge in [0.1, 0.15) is 11.5 Å². The first-order valence-electron chi connectivity index (χ1n) is 9.46. The monoisotopic (exact) mass is 420 g/mol. The molecule has 0 spiro atoms. The molecule has 8 heteroatoms. The molecule has 0 unspecified atom stereocenters. The fourth-order valence-corrected chi connectivity index (χ4v) is 3.45. The molecule has 0 aliphatic rings. The quantitative estimate of drug-likeness (QED) is 0.545. The van der Waals surface area contributed by atoms with Crippen LogP contribution in [0, 0.1) is 5.92 Å². The molecular weight excluding hydrogens is 392 g/mol. The minimum atomic E-state index is -3.64. The summed E-state index contributed by atoms with van der Waals surface area (Å²) in [5.74, 6) is 1.59. The molecule has 0 bridgehead atoms. The van der Waals surface area contributed by atoms with Gasteiger partial charge >= 0.3 is 0 Å². The Bertz CT molecular complexity index is 878. The molecule has 0 fully saturated rings. The van der Waals surface area contributed by atoms with E-state index in [9.17, 15) is 13.2 Å². The molecule has 0 saturated carbocycles. The number of nitrogens with one attached hydrogen (secondary N) is 2. The zero-order valence-electron chi connectivity index (χ0n) is 17.0. The minimum absolute atomic E-state index is 0.0799. The number of benzene rings is 2. The molecule has 2 rings (SSSR count). The van der Waals surface area contributed by atoms with Crippen LogP contribution in [0.25, 0.3) is 0 Å². The molecule has 7 nitrogen and oxygen atoms in total. The molecule has 29 heavy (non-hydrogen) atoms. The van der Waals surface area contributed by atoms with E-state index in [1.807, 2.05) is 0 Å². The molecule has 2 aromatic rings. The fourth-order valence-electron chi connectivity index (χ4n) is 2.42. The minimum Gasteiger partial charge on any atom is -0.497 e. The van der Waals surface area contributed by atoms with Gasteiger partial charge in [0.2, 0.25) is 10.0 Å². The molecule has 0 aliphatic heterocycles. The van der Waals surface area contributed by atoms with Gasteiger partial charge in [-0.3, -0.25) is 4.79 Å². The molecule has 0 atom stereocenters. The molecule has 2 aromatic carbocycles. The van der Waals surface area contributed by atoms with Crippen LogP contribution >= 0.6 is 0 Å². The second kappa shape index (κ2) is 10.8. The summed E-state index contributed by atoms with van der Waals surface area (Å²) in [6.07, 6.45) is 0.967. The summed E-state index contributed by atoms with van der Waals surface area (Å²) >= 11 is 0. The van der Waals surface area contributed by atoms with Gasteiger partial charge in [0.25, 0.3) is 5.91 Å². The van der Waals surface area contributed by atoms with E-state index < -0.39 is 10.0 Å². The molecule has 158 valence electrons. The van der Waals surface area contributed by atoms with Gasteiger partial charge in [-0.2, -0.15) is 0 Å². The average molecular weight is 421 g/mol. The van der Waals surface area contributed by atoms with Crippen molar-refractivity contribution in [2.75, 3.05) is 26.8 Å². The summed E-state index contributed by atoms with van der Waals surface area (Å²) in [6.45, 7) is 5.15. The van der Waals surface area contributed by atoms with Crippen LogP contribution in [-0.2, 0) is 10.0 Å². The standard InChI is InChI=1S/C21H28N2O5S/c1-16(2)12-15-28-19-6-4-17(5-7-19)21(24)22-13-14-23-29(25,26)20-10-8-18(27-3)9-11-20/h4-11,16,23H,12-15H2,1-3H3,(H,22,24). The largest absolute Gasteiger partial charge is 0.497 e. The molecule has 0 saturated heterocycles. The number of hydrogen-bond acceptors (Lipinski definition) is 5. The Kier molecular flexibility index (Phi) is 8.48. The van der Waals surface area contributed by atoms with Gasteiger partial charge in [-0.15, -0.1) is 0 Å². The van der Waals surface area contributed by atoms with Gasteiger partial charge in [-0.25, -0.2) is 13.1 Å². The number of carbonyl (C=O) groups is 1. The molecule has 1 amide bonds. The SMILES string of the molecule is COc1ccc(S(=O)(=O)NCCNC(=O)c2ccc(OCCC(C)C)cc2)cc1. The van der Waals surface area contributed by atoms with Crippen molar-refractivity contribution in [2.24, 2.45) is 5.92 Å². The number of rotatable bonds is 11. The van der Waals surface area contributed by atoms with Gasteiger partial charge in [0.15, 0.2) is 0 Å². The summed E-state index contributed by atoms with van der Waals surface area (Å²) in [6, 6.07) is 12.9. The van der Waals surface area contributed by atoms with Gasteiger partial charge in [0.05, 0.1) is 18.6 Å². The third kappa shape index (κ3) is 7.40. The first kappa shape index (κ1) is 22.7. The second-order valence-electron chi connectivity index (χ2n) is 6.88. The van der Waals surface area contributed by atoms with Crippen molar-refractivity contribution in [1.29, 1.82) is 0 Å². The van der Waals surface area contributed by atoms with Crippen molar-refractivity contribution in [3.63, 3.8) is 0 Å². The number of amides is 1. The third-order valence-corrected chi connectivity index (χ3v) is 5.63. The zero-order chi connectivity index (χ0) is 21.3. The lowest BCUT2D eigenvalue weighted by Gasteiger charge is -2.10. The highest BCUT2D eigenvalue weighted by Gasteiger charge is 2.13. The van der Waals surface area contributed by atoms with Crippen molar-refractivity contribution in [3.8, 4) is 11.5 Å². The fraction of sp³-hybridized carbons (Fsp3) is 0.381. The Balaban J connectivity index is 1.77. The Morgan fingerprint density at radius 2 is 1.59 bits per heavy atom. The summed E-state index contributed by atoms with van der Waals surface area (Å²) in [7, 11) is -2.13. The highest BCUT2D eigenvalue weighted by Crippen LogP contribution is 2.15. The Hall–Kier alpha value is -2.58. The number of ether oxygens (including phenoxy) is 2. The number of sulfonamides is 1. The average Bonchev–Trinajstić information content (AvgIpc) is 2.71. The predicted molar refractivity (Wildman–Crippen MR) is 112 cm³/mol. The lowest BCUT2D eigenvalue weighted by Crippen LogP contribution is -2.34. The smallest absolute Gasteiger partial charge is 0.251 e. The van der Waals surface area contributed by atoms with E-state index in [0.717, 1.165) is 12.2 Å². The Morgan fingerprint density at radius 1 is 0.966 bits per heavy atom. The van der Waals surface area contributed by atoms with Crippen LogP contribution < -0.4 is 19.5 Å². The molecule has 2 N–H and O–H groups in total. The van der Waals surface area contributed by atoms with Gasteiger partial charge in [-0.1, -0.05) is 13.8 Å². The predicted octanol–water partition coefficient (Wildman–Crippen LogP) is 2.83. The normalized spacial score (nSPS) is 11.3. The highest BCUT2D eigenvalue weighted by atomic mass is 32.2. The maximum absolute atomic E-state index is 12.2. The molecular formula is C21H28N2O5S. The number of methoxy groups -OCH3 is 1. The van der Waals surface area contributed by atoms with Crippen molar-refractivity contribution >= 4 is 15.9 Å². The van der Waals surface area contributed by atoms with Crippen LogP contribution in [0.5, 0.6) is 11.5 Å². The van der Waals surface area contributed by atoms with Crippen molar-refractivity contribution in [1.82, 2.24) is 10.0 Å². The van der Waals surface area contributed by atoms with Crippen LogP contribution in [-0.4, -0.2) is 41.1 Å². The Labute approximate surface area is 172 Å². The first-order chi connectivity index (χ1) is 13.8. The van der Waals surface area contributed by atoms with Crippen LogP contribution in [0.4, 0.5) is 0 Å². The van der Waals surface area contributed by atoms with Crippen molar-refractivity contribution in [2.45, 2.75) is 25.2 Å². The van der Waals surface area contributed by atoms with E-state index in [4.69, 9.17) is 9.47 Å². The molecule has 0 heterocycles. The Morgan fingerprint density at radius 3 is 2.17 bits per heavy atom. The van der Waals surface area contributed by atoms with E-state index in [1.54, 1.807) is 36.4 Å². The van der Waals surface area contributed by atoms with Gasteiger partial charge in [0, 0.05) is 18.7 Å². The van der Waals surface area contributed by atoms with Crippen LogP contribution in [0.15, 0.2) is 53.4 Å². The summed E-state index contributed by atoms with van der Waals surface area (Å²) < 4.78 is 37.6. The zero-order valence-corrected chi connectivity index (χ0v) is 17.8. The second-order valence-corrected chi connectivity index (χ2v) is 8.65. The van der Waals surface area contributed by atoms with E-state index in [1.165, 1.54) is 19.2 Å². The maximum atomic E-state index is 12.2. The lowest BCUT2D eigenvalue weighted by atomic mass is 10.1. The van der Waals surface area contributed by atoms with E-state index in [2.05, 4.69) is 23.9 Å². The molecule has 0 aromatic heterocycles. The number of carbonyl (C=O) groups excluding carboxylic acids is 1. The lowest BCUT2D eigenvalue weighted by molar-refractivity contribution is 0.0954.